The van der Waals surface area contributed by atoms with E-state index in [0.717, 1.165) is 11.8 Å². The lowest BCUT2D eigenvalue weighted by Crippen LogP contribution is -2.29. The van der Waals surface area contributed by atoms with E-state index in [9.17, 15) is 19.3 Å². The van der Waals surface area contributed by atoms with Crippen LogP contribution in [0.2, 0.25) is 5.02 Å². The Bertz CT molecular complexity index is 1000. The summed E-state index contributed by atoms with van der Waals surface area (Å²) in [7, 11) is 0. The molecule has 1 unspecified atom stereocenters. The van der Waals surface area contributed by atoms with Gasteiger partial charge in [0.2, 0.25) is 0 Å². The number of nitro groups is 1. The van der Waals surface area contributed by atoms with E-state index in [-0.39, 0.29) is 16.3 Å². The summed E-state index contributed by atoms with van der Waals surface area (Å²) in [6.45, 7) is 1.89. The number of amidine groups is 1. The minimum absolute atomic E-state index is 0.0107. The number of benzene rings is 2. The van der Waals surface area contributed by atoms with Gasteiger partial charge in [0, 0.05) is 17.4 Å². The Kier molecular flexibility index (Phi) is 5.57. The lowest BCUT2D eigenvalue weighted by molar-refractivity contribution is -0.384. The molecule has 7 nitrogen and oxygen atoms in total. The van der Waals surface area contributed by atoms with Gasteiger partial charge in [0.1, 0.15) is 10.8 Å². The summed E-state index contributed by atoms with van der Waals surface area (Å²) in [6.07, 6.45) is 0.709. The van der Waals surface area contributed by atoms with E-state index in [1.54, 1.807) is 6.07 Å². The zero-order valence-electron chi connectivity index (χ0n) is 14.7. The van der Waals surface area contributed by atoms with Crippen molar-refractivity contribution in [2.45, 2.75) is 18.9 Å². The van der Waals surface area contributed by atoms with Crippen LogP contribution in [0.25, 0.3) is 0 Å². The van der Waals surface area contributed by atoms with Crippen LogP contribution in [0.4, 0.5) is 15.8 Å². The van der Waals surface area contributed by atoms with Gasteiger partial charge in [-0.05, 0) is 43.2 Å². The summed E-state index contributed by atoms with van der Waals surface area (Å²) in [4.78, 5) is 27.2. The lowest BCUT2D eigenvalue weighted by Gasteiger charge is -2.30. The van der Waals surface area contributed by atoms with Gasteiger partial charge in [-0.1, -0.05) is 29.4 Å². The predicted molar refractivity (Wildman–Crippen MR) is 109 cm³/mol. The quantitative estimate of drug-likeness (QED) is 0.563. The molecular formula is C18H16ClFN4O3S. The Balaban J connectivity index is 1.91. The van der Waals surface area contributed by atoms with Crippen molar-refractivity contribution in [3.63, 3.8) is 0 Å². The average molecular weight is 423 g/mol. The number of anilines is 1. The van der Waals surface area contributed by atoms with Gasteiger partial charge in [0.25, 0.3) is 11.6 Å². The number of hydrogen-bond acceptors (Lipinski definition) is 6. The fourth-order valence-corrected chi connectivity index (χ4v) is 4.00. The fourth-order valence-electron chi connectivity index (χ4n) is 2.84. The second-order valence-corrected chi connectivity index (χ2v) is 7.92. The zero-order chi connectivity index (χ0) is 20.5. The van der Waals surface area contributed by atoms with Gasteiger partial charge in [-0.15, -0.1) is 0 Å². The average Bonchev–Trinajstić information content (AvgIpc) is 2.63. The zero-order valence-corrected chi connectivity index (χ0v) is 16.3. The maximum absolute atomic E-state index is 14.3. The van der Waals surface area contributed by atoms with E-state index in [4.69, 9.17) is 17.3 Å². The topological polar surface area (TPSA) is 111 Å². The summed E-state index contributed by atoms with van der Waals surface area (Å²) >= 11 is 7.21. The van der Waals surface area contributed by atoms with Crippen molar-refractivity contribution < 1.29 is 14.1 Å². The number of nitrogens with zero attached hydrogens (tertiary/aromatic N) is 2. The molecule has 0 aromatic heterocycles. The molecule has 146 valence electrons. The third-order valence-electron chi connectivity index (χ3n) is 4.44. The smallest absolute Gasteiger partial charge is 0.288 e. The predicted octanol–water partition coefficient (Wildman–Crippen LogP) is 4.31. The molecular weight excluding hydrogens is 407 g/mol. The number of halogens is 2. The molecule has 0 aliphatic carbocycles. The van der Waals surface area contributed by atoms with Crippen LogP contribution in [0, 0.1) is 15.9 Å². The molecule has 1 amide bonds. The minimum Gasteiger partial charge on any atom is -0.379 e. The number of thioether (sulfide) groups is 1. The Morgan fingerprint density at radius 2 is 2.14 bits per heavy atom. The van der Waals surface area contributed by atoms with E-state index >= 15 is 0 Å². The largest absolute Gasteiger partial charge is 0.379 e. The van der Waals surface area contributed by atoms with Gasteiger partial charge in [0.15, 0.2) is 5.17 Å². The fraction of sp³-hybridized carbons (Fsp3) is 0.222. The maximum Gasteiger partial charge on any atom is 0.288 e. The van der Waals surface area contributed by atoms with Gasteiger partial charge in [-0.2, -0.15) is 0 Å². The summed E-state index contributed by atoms with van der Waals surface area (Å²) < 4.78 is 14.3. The monoisotopic (exact) mass is 422 g/mol. The van der Waals surface area contributed by atoms with Crippen molar-refractivity contribution in [3.05, 3.63) is 68.5 Å². The Morgan fingerprint density at radius 3 is 2.82 bits per heavy atom. The molecule has 0 saturated carbocycles. The van der Waals surface area contributed by atoms with Crippen LogP contribution in [0.5, 0.6) is 0 Å². The first kappa shape index (κ1) is 20.1. The van der Waals surface area contributed by atoms with E-state index in [2.05, 4.69) is 10.3 Å². The van der Waals surface area contributed by atoms with Crippen molar-refractivity contribution in [2.24, 2.45) is 10.7 Å². The molecule has 10 heteroatoms. The third-order valence-corrected chi connectivity index (χ3v) is 5.55. The van der Waals surface area contributed by atoms with Gasteiger partial charge < -0.3 is 11.1 Å². The molecule has 2 aromatic rings. The Labute approximate surface area is 169 Å². The van der Waals surface area contributed by atoms with Crippen LogP contribution in [0.1, 0.15) is 29.3 Å². The molecule has 1 heterocycles. The van der Waals surface area contributed by atoms with E-state index in [1.165, 1.54) is 36.0 Å². The SMILES string of the molecule is CC1(c2ccc(F)c(NC(=O)c3ccc(Cl)c([N+](=O)[O-])c3)c2)CCSC(N)=N1. The number of carbonyl (C=O) groups is 1. The Hall–Kier alpha value is -2.65. The molecule has 0 spiro atoms. The summed E-state index contributed by atoms with van der Waals surface area (Å²) in [5.74, 6) is -0.547. The van der Waals surface area contributed by atoms with Crippen LogP contribution < -0.4 is 11.1 Å². The number of aliphatic imine (C=N–C) groups is 1. The second-order valence-electron chi connectivity index (χ2n) is 6.39. The van der Waals surface area contributed by atoms with Crippen LogP contribution in [0.3, 0.4) is 0 Å². The van der Waals surface area contributed by atoms with Gasteiger partial charge in [-0.25, -0.2) is 4.39 Å². The number of amides is 1. The van der Waals surface area contributed by atoms with Crippen molar-refractivity contribution in [1.29, 1.82) is 0 Å². The van der Waals surface area contributed by atoms with Crippen LogP contribution in [-0.2, 0) is 5.54 Å². The Morgan fingerprint density at radius 1 is 1.39 bits per heavy atom. The number of nitro benzene ring substituents is 1. The summed E-state index contributed by atoms with van der Waals surface area (Å²) in [6, 6.07) is 7.98. The highest BCUT2D eigenvalue weighted by atomic mass is 35.5. The standard InChI is InChI=1S/C18H16ClFN4O3S/c1-18(6-7-28-17(21)23-18)11-3-5-13(20)14(9-11)22-16(25)10-2-4-12(19)15(8-10)24(26)27/h2-5,8-9H,6-7H2,1H3,(H2,21,23)(H,22,25). The first-order valence-electron chi connectivity index (χ1n) is 8.23. The maximum atomic E-state index is 14.3. The van der Waals surface area contributed by atoms with Crippen molar-refractivity contribution in [1.82, 2.24) is 0 Å². The third kappa shape index (κ3) is 4.10. The molecule has 1 aliphatic rings. The van der Waals surface area contributed by atoms with Gasteiger partial charge in [0.05, 0.1) is 16.1 Å². The molecule has 28 heavy (non-hydrogen) atoms. The van der Waals surface area contributed by atoms with E-state index < -0.39 is 27.9 Å². The van der Waals surface area contributed by atoms with Crippen molar-refractivity contribution in [3.8, 4) is 0 Å². The molecule has 3 rings (SSSR count). The lowest BCUT2D eigenvalue weighted by atomic mass is 9.89. The van der Waals surface area contributed by atoms with Gasteiger partial charge >= 0.3 is 0 Å². The highest BCUT2D eigenvalue weighted by molar-refractivity contribution is 8.13. The first-order valence-corrected chi connectivity index (χ1v) is 9.59. The molecule has 3 N–H and O–H groups in total. The molecule has 2 aromatic carbocycles. The number of carbonyl (C=O) groups excluding carboxylic acids is 1. The van der Waals surface area contributed by atoms with Gasteiger partial charge in [-0.3, -0.25) is 19.9 Å². The molecule has 0 radical (unpaired) electrons. The molecule has 0 fully saturated rings. The van der Waals surface area contributed by atoms with E-state index in [0.29, 0.717) is 17.2 Å². The number of hydrogen-bond donors (Lipinski definition) is 2. The molecule has 0 bridgehead atoms. The summed E-state index contributed by atoms with van der Waals surface area (Å²) in [5.41, 5.74) is 5.45. The highest BCUT2D eigenvalue weighted by Gasteiger charge is 2.30. The van der Waals surface area contributed by atoms with Crippen LogP contribution in [0.15, 0.2) is 41.4 Å². The first-order chi connectivity index (χ1) is 13.2. The second kappa shape index (κ2) is 7.76. The number of rotatable bonds is 4. The minimum atomic E-state index is -0.691. The van der Waals surface area contributed by atoms with E-state index in [1.807, 2.05) is 6.92 Å². The van der Waals surface area contributed by atoms with Crippen molar-refractivity contribution >= 4 is 45.8 Å². The highest BCUT2D eigenvalue weighted by Crippen LogP contribution is 2.36. The molecule has 0 saturated heterocycles. The normalized spacial score (nSPS) is 19.0. The number of nitrogens with one attached hydrogen (secondary N) is 1. The van der Waals surface area contributed by atoms with Crippen LogP contribution in [-0.4, -0.2) is 21.8 Å². The molecule has 1 aliphatic heterocycles. The van der Waals surface area contributed by atoms with Crippen LogP contribution >= 0.6 is 23.4 Å². The molecule has 1 atom stereocenters. The number of nitrogens with two attached hydrogens (primary N) is 1. The van der Waals surface area contributed by atoms with Crippen molar-refractivity contribution in [2.75, 3.05) is 11.1 Å². The summed E-state index contributed by atoms with van der Waals surface area (Å²) in [5, 5.41) is 13.8.